The van der Waals surface area contributed by atoms with Crippen LogP contribution < -0.4 is 5.32 Å². The highest BCUT2D eigenvalue weighted by molar-refractivity contribution is 7.09. The van der Waals surface area contributed by atoms with Gasteiger partial charge >= 0.3 is 0 Å². The molecule has 3 nitrogen and oxygen atoms in total. The molecule has 0 aromatic carbocycles. The van der Waals surface area contributed by atoms with E-state index in [2.05, 4.69) is 46.9 Å². The molecule has 0 aliphatic heterocycles. The summed E-state index contributed by atoms with van der Waals surface area (Å²) in [6, 6.07) is 4.19. The number of hydrogen-bond acceptors (Lipinski definition) is 3. The molecule has 2 N–H and O–H groups in total. The Bertz CT molecular complexity index is 417. The minimum Gasteiger partial charge on any atom is -0.363 e. The second-order valence-electron chi connectivity index (χ2n) is 3.46. The first-order valence-electron chi connectivity index (χ1n) is 5.11. The standard InChI is InChI=1S/C11H15N3S/c1-3-10-8(2)11(14-13-10)12-7-9-5-4-6-15-9/h4-6H,3,7H2,1-2H3,(H2,12,13,14). The number of aromatic nitrogens is 2. The largest absolute Gasteiger partial charge is 0.363 e. The summed E-state index contributed by atoms with van der Waals surface area (Å²) in [7, 11) is 0. The molecule has 4 heteroatoms. The van der Waals surface area contributed by atoms with Crippen LogP contribution in [0.3, 0.4) is 0 Å². The monoisotopic (exact) mass is 221 g/mol. The summed E-state index contributed by atoms with van der Waals surface area (Å²) in [5.41, 5.74) is 2.44. The van der Waals surface area contributed by atoms with E-state index in [-0.39, 0.29) is 0 Å². The summed E-state index contributed by atoms with van der Waals surface area (Å²) in [5.74, 6) is 0.972. The van der Waals surface area contributed by atoms with Gasteiger partial charge in [-0.15, -0.1) is 11.3 Å². The van der Waals surface area contributed by atoms with E-state index in [9.17, 15) is 0 Å². The smallest absolute Gasteiger partial charge is 0.151 e. The maximum atomic E-state index is 4.25. The molecule has 0 aliphatic carbocycles. The predicted molar refractivity (Wildman–Crippen MR) is 64.3 cm³/mol. The molecule has 2 heterocycles. The van der Waals surface area contributed by atoms with E-state index >= 15 is 0 Å². The number of anilines is 1. The van der Waals surface area contributed by atoms with Gasteiger partial charge in [0, 0.05) is 16.1 Å². The molecule has 0 saturated heterocycles. The Hall–Kier alpha value is -1.29. The van der Waals surface area contributed by atoms with Gasteiger partial charge in [-0.2, -0.15) is 5.10 Å². The number of thiophene rings is 1. The summed E-state index contributed by atoms with van der Waals surface area (Å²) in [5, 5.41) is 12.7. The zero-order chi connectivity index (χ0) is 10.7. The molecular formula is C11H15N3S. The van der Waals surface area contributed by atoms with E-state index in [4.69, 9.17) is 0 Å². The van der Waals surface area contributed by atoms with Gasteiger partial charge in [-0.25, -0.2) is 0 Å². The van der Waals surface area contributed by atoms with Crippen molar-refractivity contribution in [3.63, 3.8) is 0 Å². The fourth-order valence-electron chi connectivity index (χ4n) is 1.53. The summed E-state index contributed by atoms with van der Waals surface area (Å²) < 4.78 is 0. The summed E-state index contributed by atoms with van der Waals surface area (Å²) in [6.07, 6.45) is 1.000. The van der Waals surface area contributed by atoms with Gasteiger partial charge < -0.3 is 5.32 Å². The zero-order valence-corrected chi connectivity index (χ0v) is 9.82. The third kappa shape index (κ3) is 2.21. The van der Waals surface area contributed by atoms with E-state index in [1.807, 2.05) is 0 Å². The quantitative estimate of drug-likeness (QED) is 0.833. The average molecular weight is 221 g/mol. The SMILES string of the molecule is CCc1[nH]nc(NCc2cccs2)c1C. The van der Waals surface area contributed by atoms with Crippen molar-refractivity contribution in [1.29, 1.82) is 0 Å². The van der Waals surface area contributed by atoms with Gasteiger partial charge in [0.1, 0.15) is 0 Å². The molecule has 0 bridgehead atoms. The van der Waals surface area contributed by atoms with E-state index in [1.165, 1.54) is 16.1 Å². The number of aryl methyl sites for hydroxylation is 1. The second kappa shape index (κ2) is 4.49. The minimum absolute atomic E-state index is 0.854. The van der Waals surface area contributed by atoms with E-state index in [0.717, 1.165) is 18.8 Å². The van der Waals surface area contributed by atoms with Crippen molar-refractivity contribution in [3.05, 3.63) is 33.6 Å². The highest BCUT2D eigenvalue weighted by Gasteiger charge is 2.06. The maximum Gasteiger partial charge on any atom is 0.151 e. The number of nitrogens with zero attached hydrogens (tertiary/aromatic N) is 1. The molecule has 0 fully saturated rings. The molecule has 0 saturated carbocycles. The molecule has 0 radical (unpaired) electrons. The van der Waals surface area contributed by atoms with Gasteiger partial charge in [0.15, 0.2) is 5.82 Å². The average Bonchev–Trinajstić information content (AvgIpc) is 2.85. The minimum atomic E-state index is 0.854. The Labute approximate surface area is 93.5 Å². The highest BCUT2D eigenvalue weighted by atomic mass is 32.1. The lowest BCUT2D eigenvalue weighted by Crippen LogP contribution is -1.99. The molecule has 0 aliphatic rings. The van der Waals surface area contributed by atoms with Crippen molar-refractivity contribution in [1.82, 2.24) is 10.2 Å². The zero-order valence-electron chi connectivity index (χ0n) is 9.00. The van der Waals surface area contributed by atoms with Crippen LogP contribution in [-0.4, -0.2) is 10.2 Å². The van der Waals surface area contributed by atoms with Gasteiger partial charge in [0.2, 0.25) is 0 Å². The van der Waals surface area contributed by atoms with Crippen molar-refractivity contribution in [2.75, 3.05) is 5.32 Å². The van der Waals surface area contributed by atoms with Gasteiger partial charge in [0.25, 0.3) is 0 Å². The van der Waals surface area contributed by atoms with Crippen LogP contribution in [0.4, 0.5) is 5.82 Å². The van der Waals surface area contributed by atoms with Crippen molar-refractivity contribution in [2.24, 2.45) is 0 Å². The lowest BCUT2D eigenvalue weighted by atomic mass is 10.2. The highest BCUT2D eigenvalue weighted by Crippen LogP contribution is 2.17. The number of aromatic amines is 1. The lowest BCUT2D eigenvalue weighted by molar-refractivity contribution is 0.966. The van der Waals surface area contributed by atoms with Crippen molar-refractivity contribution < 1.29 is 0 Å². The van der Waals surface area contributed by atoms with Crippen molar-refractivity contribution in [3.8, 4) is 0 Å². The summed E-state index contributed by atoms with van der Waals surface area (Å²) >= 11 is 1.76. The van der Waals surface area contributed by atoms with E-state index in [0.29, 0.717) is 0 Å². The molecule has 2 aromatic rings. The first-order valence-corrected chi connectivity index (χ1v) is 5.99. The Balaban J connectivity index is 2.02. The van der Waals surface area contributed by atoms with E-state index in [1.54, 1.807) is 11.3 Å². The van der Waals surface area contributed by atoms with Gasteiger partial charge in [-0.3, -0.25) is 5.10 Å². The van der Waals surface area contributed by atoms with Crippen LogP contribution in [0, 0.1) is 6.92 Å². The first kappa shape index (κ1) is 10.2. The third-order valence-corrected chi connectivity index (χ3v) is 3.35. The fourth-order valence-corrected chi connectivity index (χ4v) is 2.18. The van der Waals surface area contributed by atoms with Crippen LogP contribution in [0.5, 0.6) is 0 Å². The topological polar surface area (TPSA) is 40.7 Å². The maximum absolute atomic E-state index is 4.25. The number of H-pyrrole nitrogens is 1. The van der Waals surface area contributed by atoms with Crippen LogP contribution >= 0.6 is 11.3 Å². The molecule has 80 valence electrons. The molecule has 15 heavy (non-hydrogen) atoms. The fraction of sp³-hybridized carbons (Fsp3) is 0.364. The number of nitrogens with one attached hydrogen (secondary N) is 2. The summed E-state index contributed by atoms with van der Waals surface area (Å²) in [4.78, 5) is 1.33. The van der Waals surface area contributed by atoms with E-state index < -0.39 is 0 Å². The van der Waals surface area contributed by atoms with Crippen LogP contribution in [-0.2, 0) is 13.0 Å². The summed E-state index contributed by atoms with van der Waals surface area (Å²) in [6.45, 7) is 5.08. The van der Waals surface area contributed by atoms with Gasteiger partial charge in [-0.05, 0) is 24.8 Å². The molecular weight excluding hydrogens is 206 g/mol. The number of hydrogen-bond donors (Lipinski definition) is 2. The Morgan fingerprint density at radius 3 is 3.00 bits per heavy atom. The third-order valence-electron chi connectivity index (χ3n) is 2.47. The van der Waals surface area contributed by atoms with Crippen LogP contribution in [0.2, 0.25) is 0 Å². The van der Waals surface area contributed by atoms with Crippen molar-refractivity contribution in [2.45, 2.75) is 26.8 Å². The Kier molecular flexibility index (Phi) is 3.06. The van der Waals surface area contributed by atoms with Crippen LogP contribution in [0.25, 0.3) is 0 Å². The molecule has 0 amide bonds. The molecule has 2 aromatic heterocycles. The predicted octanol–water partition coefficient (Wildman–Crippen LogP) is 2.95. The molecule has 2 rings (SSSR count). The molecule has 0 unspecified atom stereocenters. The van der Waals surface area contributed by atoms with Crippen LogP contribution in [0.1, 0.15) is 23.1 Å². The molecule has 0 atom stereocenters. The number of rotatable bonds is 4. The lowest BCUT2D eigenvalue weighted by Gasteiger charge is -2.01. The van der Waals surface area contributed by atoms with Gasteiger partial charge in [-0.1, -0.05) is 13.0 Å². The second-order valence-corrected chi connectivity index (χ2v) is 4.49. The first-order chi connectivity index (χ1) is 7.31. The van der Waals surface area contributed by atoms with Crippen LogP contribution in [0.15, 0.2) is 17.5 Å². The van der Waals surface area contributed by atoms with Gasteiger partial charge in [0.05, 0.1) is 6.54 Å². The molecule has 0 spiro atoms. The van der Waals surface area contributed by atoms with Crippen molar-refractivity contribution >= 4 is 17.2 Å². The Morgan fingerprint density at radius 2 is 2.40 bits per heavy atom. The Morgan fingerprint density at radius 1 is 1.53 bits per heavy atom. The normalized spacial score (nSPS) is 10.5.